The Morgan fingerprint density at radius 1 is 1.62 bits per heavy atom. The summed E-state index contributed by atoms with van der Waals surface area (Å²) in [6, 6.07) is -0.0552. The smallest absolute Gasteiger partial charge is 0.238 e. The molecule has 0 radical (unpaired) electrons. The van der Waals surface area contributed by atoms with Gasteiger partial charge in [0, 0.05) is 18.2 Å². The molecular weight excluding hydrogens is 228 g/mol. The third-order valence-corrected chi connectivity index (χ3v) is 3.54. The highest BCUT2D eigenvalue weighted by Gasteiger charge is 2.33. The number of hydrogen-bond acceptors (Lipinski definition) is 5. The van der Waals surface area contributed by atoms with E-state index in [9.17, 15) is 4.79 Å². The van der Waals surface area contributed by atoms with Crippen molar-refractivity contribution >= 4 is 17.7 Å². The summed E-state index contributed by atoms with van der Waals surface area (Å²) in [5.41, 5.74) is 0. The Morgan fingerprint density at radius 2 is 2.44 bits per heavy atom. The van der Waals surface area contributed by atoms with Crippen LogP contribution >= 0.6 is 11.8 Å². The van der Waals surface area contributed by atoms with Gasteiger partial charge in [-0.05, 0) is 13.8 Å². The maximum atomic E-state index is 11.7. The first-order valence-corrected chi connectivity index (χ1v) is 6.63. The molecule has 6 heteroatoms. The third-order valence-electron chi connectivity index (χ3n) is 2.60. The summed E-state index contributed by atoms with van der Waals surface area (Å²) in [7, 11) is 0. The molecule has 92 valence electrons. The van der Waals surface area contributed by atoms with Crippen LogP contribution in [0.25, 0.3) is 0 Å². The standard InChI is InChI=1S/C10H18N2O3S/c1-10(2)14-4-7(15-10)3-11-9(13)8-5-16-6-12-8/h7-8,12H,3-6H2,1-2H3,(H,11,13). The quantitative estimate of drug-likeness (QED) is 0.729. The molecule has 2 N–H and O–H groups in total. The van der Waals surface area contributed by atoms with E-state index in [1.54, 1.807) is 11.8 Å². The van der Waals surface area contributed by atoms with Gasteiger partial charge in [-0.15, -0.1) is 11.8 Å². The second-order valence-corrected chi connectivity index (χ2v) is 5.50. The average Bonchev–Trinajstić information content (AvgIpc) is 2.83. The molecule has 2 unspecified atom stereocenters. The van der Waals surface area contributed by atoms with Crippen molar-refractivity contribution in [2.75, 3.05) is 24.8 Å². The van der Waals surface area contributed by atoms with Gasteiger partial charge in [-0.1, -0.05) is 0 Å². The molecule has 1 amide bonds. The summed E-state index contributed by atoms with van der Waals surface area (Å²) in [5, 5.41) is 6.01. The highest BCUT2D eigenvalue weighted by Crippen LogP contribution is 2.21. The fraction of sp³-hybridized carbons (Fsp3) is 0.900. The van der Waals surface area contributed by atoms with Gasteiger partial charge in [0.15, 0.2) is 5.79 Å². The molecule has 2 fully saturated rings. The van der Waals surface area contributed by atoms with Gasteiger partial charge in [0.2, 0.25) is 5.91 Å². The number of carbonyl (C=O) groups excluding carboxylic acids is 1. The van der Waals surface area contributed by atoms with E-state index >= 15 is 0 Å². The van der Waals surface area contributed by atoms with Gasteiger partial charge in [0.1, 0.15) is 6.10 Å². The fourth-order valence-corrected chi connectivity index (χ4v) is 2.71. The van der Waals surface area contributed by atoms with E-state index in [1.807, 2.05) is 13.8 Å². The second kappa shape index (κ2) is 4.91. The van der Waals surface area contributed by atoms with Crippen molar-refractivity contribution in [2.45, 2.75) is 31.8 Å². The third kappa shape index (κ3) is 3.10. The minimum absolute atomic E-state index is 0.0343. The minimum atomic E-state index is -0.517. The molecule has 2 atom stereocenters. The van der Waals surface area contributed by atoms with Crippen molar-refractivity contribution in [2.24, 2.45) is 0 Å². The van der Waals surface area contributed by atoms with Crippen LogP contribution in [0.5, 0.6) is 0 Å². The van der Waals surface area contributed by atoms with Crippen molar-refractivity contribution in [3.8, 4) is 0 Å². The lowest BCUT2D eigenvalue weighted by molar-refractivity contribution is -0.139. The average molecular weight is 246 g/mol. The van der Waals surface area contributed by atoms with Crippen molar-refractivity contribution < 1.29 is 14.3 Å². The molecule has 2 aliphatic rings. The topological polar surface area (TPSA) is 59.6 Å². The lowest BCUT2D eigenvalue weighted by atomic mass is 10.3. The van der Waals surface area contributed by atoms with Crippen LogP contribution in [-0.4, -0.2) is 48.6 Å². The van der Waals surface area contributed by atoms with Crippen molar-refractivity contribution in [1.29, 1.82) is 0 Å². The van der Waals surface area contributed by atoms with Gasteiger partial charge in [0.25, 0.3) is 0 Å². The van der Waals surface area contributed by atoms with Gasteiger partial charge in [-0.2, -0.15) is 0 Å². The number of amides is 1. The Hall–Kier alpha value is -0.300. The molecule has 2 saturated heterocycles. The lowest BCUT2D eigenvalue weighted by Gasteiger charge is -2.18. The molecule has 16 heavy (non-hydrogen) atoms. The summed E-state index contributed by atoms with van der Waals surface area (Å²) in [4.78, 5) is 11.7. The van der Waals surface area contributed by atoms with Crippen LogP contribution < -0.4 is 10.6 Å². The SMILES string of the molecule is CC1(C)OCC(CNC(=O)C2CSCN2)O1. The predicted octanol–water partition coefficient (Wildman–Crippen LogP) is -0.0834. The second-order valence-electron chi connectivity index (χ2n) is 4.47. The summed E-state index contributed by atoms with van der Waals surface area (Å²) in [6.07, 6.45) is -0.0343. The van der Waals surface area contributed by atoms with Gasteiger partial charge >= 0.3 is 0 Å². The Kier molecular flexibility index (Phi) is 3.73. The molecule has 2 rings (SSSR count). The summed E-state index contributed by atoms with van der Waals surface area (Å²) >= 11 is 1.74. The monoisotopic (exact) mass is 246 g/mol. The van der Waals surface area contributed by atoms with E-state index in [2.05, 4.69) is 10.6 Å². The van der Waals surface area contributed by atoms with E-state index < -0.39 is 5.79 Å². The number of carbonyl (C=O) groups is 1. The summed E-state index contributed by atoms with van der Waals surface area (Å²) < 4.78 is 11.0. The van der Waals surface area contributed by atoms with Crippen molar-refractivity contribution in [3.05, 3.63) is 0 Å². The van der Waals surface area contributed by atoms with Crippen molar-refractivity contribution in [3.63, 3.8) is 0 Å². The lowest BCUT2D eigenvalue weighted by Crippen LogP contribution is -2.45. The van der Waals surface area contributed by atoms with E-state index in [-0.39, 0.29) is 18.1 Å². The predicted molar refractivity (Wildman–Crippen MR) is 62.2 cm³/mol. The maximum Gasteiger partial charge on any atom is 0.238 e. The summed E-state index contributed by atoms with van der Waals surface area (Å²) in [5.74, 6) is 1.24. The molecule has 0 aromatic rings. The van der Waals surface area contributed by atoms with Gasteiger partial charge in [0.05, 0.1) is 12.6 Å². The largest absolute Gasteiger partial charge is 0.352 e. The van der Waals surface area contributed by atoms with Crippen LogP contribution in [0.2, 0.25) is 0 Å². The molecule has 0 aliphatic carbocycles. The van der Waals surface area contributed by atoms with E-state index in [0.29, 0.717) is 13.2 Å². The van der Waals surface area contributed by atoms with Crippen LogP contribution in [0.4, 0.5) is 0 Å². The molecule has 2 heterocycles. The molecule has 0 aromatic carbocycles. The van der Waals surface area contributed by atoms with Gasteiger partial charge in [-0.25, -0.2) is 0 Å². The van der Waals surface area contributed by atoms with E-state index in [1.165, 1.54) is 0 Å². The summed E-state index contributed by atoms with van der Waals surface area (Å²) in [6.45, 7) is 4.82. The Morgan fingerprint density at radius 3 is 3.00 bits per heavy atom. The van der Waals surface area contributed by atoms with E-state index in [0.717, 1.165) is 11.6 Å². The highest BCUT2D eigenvalue weighted by atomic mass is 32.2. The van der Waals surface area contributed by atoms with Crippen molar-refractivity contribution in [1.82, 2.24) is 10.6 Å². The maximum absolute atomic E-state index is 11.7. The van der Waals surface area contributed by atoms with Gasteiger partial charge < -0.3 is 14.8 Å². The first kappa shape index (κ1) is 12.2. The number of rotatable bonds is 3. The van der Waals surface area contributed by atoms with Crippen LogP contribution in [0, 0.1) is 0 Å². The number of thioether (sulfide) groups is 1. The zero-order valence-corrected chi connectivity index (χ0v) is 10.4. The minimum Gasteiger partial charge on any atom is -0.352 e. The molecular formula is C10H18N2O3S. The first-order chi connectivity index (χ1) is 7.57. The Balaban J connectivity index is 1.69. The van der Waals surface area contributed by atoms with Gasteiger partial charge in [-0.3, -0.25) is 10.1 Å². The van der Waals surface area contributed by atoms with Crippen LogP contribution in [-0.2, 0) is 14.3 Å². The molecule has 0 aromatic heterocycles. The number of ether oxygens (including phenoxy) is 2. The number of hydrogen-bond donors (Lipinski definition) is 2. The zero-order chi connectivity index (χ0) is 11.6. The Labute approximate surface area is 99.6 Å². The van der Waals surface area contributed by atoms with E-state index in [4.69, 9.17) is 9.47 Å². The number of nitrogens with one attached hydrogen (secondary N) is 2. The fourth-order valence-electron chi connectivity index (χ4n) is 1.76. The molecule has 0 spiro atoms. The molecule has 5 nitrogen and oxygen atoms in total. The normalized spacial score (nSPS) is 32.9. The molecule has 0 saturated carbocycles. The van der Waals surface area contributed by atoms with Crippen LogP contribution in [0.15, 0.2) is 0 Å². The highest BCUT2D eigenvalue weighted by molar-refractivity contribution is 7.99. The molecule has 0 bridgehead atoms. The molecule has 2 aliphatic heterocycles. The van der Waals surface area contributed by atoms with Crippen LogP contribution in [0.3, 0.4) is 0 Å². The first-order valence-electron chi connectivity index (χ1n) is 5.47. The zero-order valence-electron chi connectivity index (χ0n) is 9.62. The van der Waals surface area contributed by atoms with Crippen LogP contribution in [0.1, 0.15) is 13.8 Å². The Bertz CT molecular complexity index is 267.